The Kier molecular flexibility index (Phi) is 7.80. The van der Waals surface area contributed by atoms with Gasteiger partial charge in [0.1, 0.15) is 0 Å². The Balaban J connectivity index is 1.18. The zero-order chi connectivity index (χ0) is 29.3. The third kappa shape index (κ3) is 5.67. The van der Waals surface area contributed by atoms with Crippen molar-refractivity contribution in [3.05, 3.63) is 107 Å². The van der Waals surface area contributed by atoms with Crippen molar-refractivity contribution in [1.29, 1.82) is 0 Å². The summed E-state index contributed by atoms with van der Waals surface area (Å²) >= 11 is 0. The number of anilines is 1. The molecule has 0 aromatic heterocycles. The van der Waals surface area contributed by atoms with E-state index in [2.05, 4.69) is 34.9 Å². The molecule has 2 N–H and O–H groups in total. The van der Waals surface area contributed by atoms with E-state index in [0.717, 1.165) is 42.6 Å². The van der Waals surface area contributed by atoms with E-state index in [1.807, 2.05) is 35.2 Å². The van der Waals surface area contributed by atoms with Gasteiger partial charge in [0, 0.05) is 30.3 Å². The smallest absolute Gasteiger partial charge is 0.378 e. The minimum atomic E-state index is -4.41. The largest absolute Gasteiger partial charge is 0.416 e. The number of nitrogens with one attached hydrogen (secondary N) is 2. The summed E-state index contributed by atoms with van der Waals surface area (Å²) in [6.45, 7) is 0.665. The first-order valence-electron chi connectivity index (χ1n) is 14.7. The predicted molar refractivity (Wildman–Crippen MR) is 156 cm³/mol. The molecule has 0 unspecified atom stereocenters. The predicted octanol–water partition coefficient (Wildman–Crippen LogP) is 7.15. The summed E-state index contributed by atoms with van der Waals surface area (Å²) in [5.74, 6) is -0.356. The van der Waals surface area contributed by atoms with Gasteiger partial charge < -0.3 is 15.5 Å². The lowest BCUT2D eigenvalue weighted by Crippen LogP contribution is -2.49. The zero-order valence-electron chi connectivity index (χ0n) is 23.2. The molecule has 0 spiro atoms. The van der Waals surface area contributed by atoms with E-state index in [0.29, 0.717) is 24.9 Å². The minimum absolute atomic E-state index is 0.0435. The van der Waals surface area contributed by atoms with Gasteiger partial charge in [-0.05, 0) is 60.2 Å². The van der Waals surface area contributed by atoms with Crippen LogP contribution in [0.5, 0.6) is 0 Å². The summed E-state index contributed by atoms with van der Waals surface area (Å²) in [5.41, 5.74) is 3.16. The molecule has 1 saturated heterocycles. The van der Waals surface area contributed by atoms with Gasteiger partial charge in [-0.2, -0.15) is 13.2 Å². The van der Waals surface area contributed by atoms with Gasteiger partial charge in [0.05, 0.1) is 23.6 Å². The van der Waals surface area contributed by atoms with E-state index in [9.17, 15) is 22.8 Å². The van der Waals surface area contributed by atoms with Crippen LogP contribution in [0.4, 0.5) is 18.9 Å². The number of carbonyl (C=O) groups is 2. The van der Waals surface area contributed by atoms with E-state index in [1.165, 1.54) is 29.8 Å². The number of para-hydroxylation sites is 1. The Bertz CT molecular complexity index is 1450. The van der Waals surface area contributed by atoms with E-state index in [4.69, 9.17) is 0 Å². The summed E-state index contributed by atoms with van der Waals surface area (Å²) in [7, 11) is 0. The highest BCUT2D eigenvalue weighted by Gasteiger charge is 2.48. The van der Waals surface area contributed by atoms with Gasteiger partial charge in [-0.1, -0.05) is 73.5 Å². The average Bonchev–Trinajstić information content (AvgIpc) is 3.45. The van der Waals surface area contributed by atoms with Crippen molar-refractivity contribution in [2.45, 2.75) is 56.4 Å². The Hall–Kier alpha value is -4.07. The van der Waals surface area contributed by atoms with Crippen LogP contribution in [-0.4, -0.2) is 29.3 Å². The van der Waals surface area contributed by atoms with Crippen LogP contribution in [0.3, 0.4) is 0 Å². The second kappa shape index (κ2) is 11.7. The fourth-order valence-corrected chi connectivity index (χ4v) is 6.96. The standard InChI is InChI=1S/C34H34F3N3O2/c35-34(36,37)24-17-14-22(15-18-24)16-19-30(41)38-29-13-7-5-11-26(29)33(42)40-21-20-27-31(23-8-2-1-3-9-23)39-28-12-6-4-10-25(28)32(27)40/h1-4,6,8-10,12,14-19,26-27,29,31-32,39H,5,7,11,13,20-21H2,(H,38,41)/b19-16+/t26-,27+,29+,31-,32-/m0/s1. The molecule has 3 aromatic carbocycles. The Morgan fingerprint density at radius 3 is 2.36 bits per heavy atom. The Morgan fingerprint density at radius 1 is 0.881 bits per heavy atom. The summed E-state index contributed by atoms with van der Waals surface area (Å²) in [4.78, 5) is 29.2. The summed E-state index contributed by atoms with van der Waals surface area (Å²) in [6.07, 6.45) is 2.58. The summed E-state index contributed by atoms with van der Waals surface area (Å²) in [5, 5.41) is 6.78. The molecule has 3 aromatic rings. The Morgan fingerprint density at radius 2 is 1.60 bits per heavy atom. The molecule has 1 saturated carbocycles. The molecule has 5 atom stereocenters. The number of hydrogen-bond donors (Lipinski definition) is 2. The maximum absolute atomic E-state index is 14.2. The minimum Gasteiger partial charge on any atom is -0.378 e. The second-order valence-corrected chi connectivity index (χ2v) is 11.5. The molecule has 2 aliphatic heterocycles. The number of hydrogen-bond acceptors (Lipinski definition) is 3. The van der Waals surface area contributed by atoms with Crippen LogP contribution >= 0.6 is 0 Å². The number of halogens is 3. The molecule has 0 radical (unpaired) electrons. The fraction of sp³-hybridized carbons (Fsp3) is 0.353. The van der Waals surface area contributed by atoms with E-state index < -0.39 is 11.7 Å². The van der Waals surface area contributed by atoms with Crippen molar-refractivity contribution in [2.75, 3.05) is 11.9 Å². The van der Waals surface area contributed by atoms with E-state index in [-0.39, 0.29) is 41.8 Å². The SMILES string of the molecule is O=C(/C=C/c1ccc(C(F)(F)F)cc1)N[C@@H]1CCCC[C@@H]1C(=O)N1CC[C@@H]2[C@H](c3ccccc3)Nc3ccccc3[C@@H]21. The molecule has 2 fully saturated rings. The monoisotopic (exact) mass is 573 g/mol. The summed E-state index contributed by atoms with van der Waals surface area (Å²) in [6, 6.07) is 23.0. The second-order valence-electron chi connectivity index (χ2n) is 11.5. The number of carbonyl (C=O) groups excluding carboxylic acids is 2. The molecule has 2 amide bonds. The van der Waals surface area contributed by atoms with Crippen LogP contribution in [0.25, 0.3) is 6.08 Å². The van der Waals surface area contributed by atoms with Crippen LogP contribution in [0.1, 0.15) is 66.4 Å². The van der Waals surface area contributed by atoms with Crippen molar-refractivity contribution in [1.82, 2.24) is 10.2 Å². The first-order valence-corrected chi connectivity index (χ1v) is 14.7. The highest BCUT2D eigenvalue weighted by atomic mass is 19.4. The van der Waals surface area contributed by atoms with Crippen LogP contribution in [-0.2, 0) is 15.8 Å². The summed E-state index contributed by atoms with van der Waals surface area (Å²) < 4.78 is 38.6. The number of amides is 2. The van der Waals surface area contributed by atoms with Crippen molar-refractivity contribution >= 4 is 23.6 Å². The van der Waals surface area contributed by atoms with Gasteiger partial charge in [-0.25, -0.2) is 0 Å². The van der Waals surface area contributed by atoms with Crippen molar-refractivity contribution < 1.29 is 22.8 Å². The topological polar surface area (TPSA) is 61.4 Å². The van der Waals surface area contributed by atoms with Gasteiger partial charge in [-0.15, -0.1) is 0 Å². The molecule has 218 valence electrons. The first-order chi connectivity index (χ1) is 20.3. The molecule has 8 heteroatoms. The number of rotatable bonds is 5. The number of nitrogens with zero attached hydrogens (tertiary/aromatic N) is 1. The molecular weight excluding hydrogens is 539 g/mol. The quantitative estimate of drug-likeness (QED) is 0.319. The molecular formula is C34H34F3N3O2. The van der Waals surface area contributed by atoms with Gasteiger partial charge in [0.15, 0.2) is 0 Å². The van der Waals surface area contributed by atoms with Gasteiger partial charge >= 0.3 is 6.18 Å². The Labute approximate surface area is 243 Å². The van der Waals surface area contributed by atoms with Crippen LogP contribution in [0.2, 0.25) is 0 Å². The van der Waals surface area contributed by atoms with Gasteiger partial charge in [0.2, 0.25) is 11.8 Å². The fourth-order valence-electron chi connectivity index (χ4n) is 6.96. The van der Waals surface area contributed by atoms with Gasteiger partial charge in [0.25, 0.3) is 0 Å². The molecule has 3 aliphatic rings. The molecule has 2 heterocycles. The average molecular weight is 574 g/mol. The molecule has 5 nitrogen and oxygen atoms in total. The van der Waals surface area contributed by atoms with Gasteiger partial charge in [-0.3, -0.25) is 9.59 Å². The molecule has 1 aliphatic carbocycles. The third-order valence-corrected chi connectivity index (χ3v) is 8.98. The maximum atomic E-state index is 14.2. The maximum Gasteiger partial charge on any atom is 0.416 e. The van der Waals surface area contributed by atoms with Crippen LogP contribution in [0.15, 0.2) is 84.9 Å². The van der Waals surface area contributed by atoms with Crippen molar-refractivity contribution in [3.8, 4) is 0 Å². The van der Waals surface area contributed by atoms with E-state index >= 15 is 0 Å². The number of benzene rings is 3. The van der Waals surface area contributed by atoms with E-state index in [1.54, 1.807) is 0 Å². The lowest BCUT2D eigenvalue weighted by molar-refractivity contribution is -0.139. The van der Waals surface area contributed by atoms with Crippen LogP contribution in [0, 0.1) is 11.8 Å². The van der Waals surface area contributed by atoms with Crippen molar-refractivity contribution in [3.63, 3.8) is 0 Å². The zero-order valence-corrected chi connectivity index (χ0v) is 23.2. The molecule has 42 heavy (non-hydrogen) atoms. The number of alkyl halides is 3. The number of likely N-dealkylation sites (tertiary alicyclic amines) is 1. The van der Waals surface area contributed by atoms with Crippen molar-refractivity contribution in [2.24, 2.45) is 11.8 Å². The van der Waals surface area contributed by atoms with Crippen LogP contribution < -0.4 is 10.6 Å². The number of fused-ring (bicyclic) bond motifs is 3. The normalized spacial score (nSPS) is 25.4. The third-order valence-electron chi connectivity index (χ3n) is 8.98. The first kappa shape index (κ1) is 28.1. The lowest BCUT2D eigenvalue weighted by Gasteiger charge is -2.42. The lowest BCUT2D eigenvalue weighted by atomic mass is 9.79. The highest BCUT2D eigenvalue weighted by Crippen LogP contribution is 2.51. The highest BCUT2D eigenvalue weighted by molar-refractivity contribution is 5.92. The molecule has 6 rings (SSSR count). The molecule has 0 bridgehead atoms.